The Balaban J connectivity index is 0.000000400. The molecule has 4 atom stereocenters. The smallest absolute Gasteiger partial charge is 0.358 e. The van der Waals surface area contributed by atoms with Crippen LogP contribution in [-0.2, 0) is 91.2 Å². The van der Waals surface area contributed by atoms with Crippen molar-refractivity contribution in [2.75, 3.05) is 109 Å². The fourth-order valence-electron chi connectivity index (χ4n) is 10.6. The highest BCUT2D eigenvalue weighted by Gasteiger charge is 2.34. The van der Waals surface area contributed by atoms with E-state index in [-0.39, 0.29) is 123 Å². The molecule has 0 aliphatic carbocycles. The topological polar surface area (TPSA) is 581 Å². The summed E-state index contributed by atoms with van der Waals surface area (Å²) >= 11 is 3.98. The lowest BCUT2D eigenvalue weighted by molar-refractivity contribution is -0.385. The van der Waals surface area contributed by atoms with Gasteiger partial charge < -0.3 is 44.9 Å². The number of carboxylic acids is 1. The fourth-order valence-corrected chi connectivity index (χ4v) is 31.6. The lowest BCUT2D eigenvalue weighted by atomic mass is 10.1. The number of benzene rings is 7. The van der Waals surface area contributed by atoms with Crippen molar-refractivity contribution in [3.05, 3.63) is 241 Å². The molecule has 0 amide bonds. The van der Waals surface area contributed by atoms with Gasteiger partial charge >= 0.3 is 5.97 Å². The Kier molecular flexibility index (Phi) is 46.1. The minimum Gasteiger partial charge on any atom is -0.476 e. The quantitative estimate of drug-likeness (QED) is 0.00603. The van der Waals surface area contributed by atoms with Crippen LogP contribution in [0.4, 0.5) is 34.4 Å². The van der Waals surface area contributed by atoms with Crippen LogP contribution in [0.1, 0.15) is 114 Å². The second-order valence-corrected chi connectivity index (χ2v) is 51.8. The van der Waals surface area contributed by atoms with Crippen LogP contribution in [0.15, 0.2) is 207 Å². The number of nitro benzene ring substituents is 3. The first-order valence-electron chi connectivity index (χ1n) is 39.4. The number of nitrogen functional groups attached to an aromatic ring is 3. The third kappa shape index (κ3) is 37.2. The van der Waals surface area contributed by atoms with Gasteiger partial charge in [-0.1, -0.05) is 113 Å². The van der Waals surface area contributed by atoms with Crippen molar-refractivity contribution in [3.8, 4) is 22.5 Å². The highest BCUT2D eigenvalue weighted by atomic mass is 32.2. The number of sulfone groups is 4. The minimum atomic E-state index is -3.81. The van der Waals surface area contributed by atoms with Crippen molar-refractivity contribution >= 4 is 135 Å². The SMILES string of the molecule is CCOP(=O)(CC)CC.CCOP(=O)(CC)CS(=O)(=O)c1ccc(CC(=O)c2nc(-c3ccc(C)cc3)cnc2N)cc1.CCOP(=O)(CC)CS(=O)(=O)c1ccc(N)cc1.CCOP(=O)(CC)CS(=O)(=O)c1ccc([N+](=O)[O-])cc1.CCOP(=O)(CC)CS(=O)(=O)c1ccc([N+](=O)[O-])cc1.Cc1ccc(-c2cnc(N)c(C(=O)O)n2)cc1.O=[N+]([O-])c1ccc(S)cc1. The van der Waals surface area contributed by atoms with E-state index in [1.807, 2.05) is 83.1 Å². The number of carbonyl (C=O) groups excluding carboxylic acids is 1. The number of nitrogens with two attached hydrogens (primary N) is 3. The molecule has 2 aromatic heterocycles. The number of aromatic carboxylic acids is 1. The number of aromatic nitrogens is 4. The molecule has 9 aromatic rings. The Labute approximate surface area is 751 Å². The van der Waals surface area contributed by atoms with Crippen LogP contribution in [-0.4, -0.2) is 177 Å². The summed E-state index contributed by atoms with van der Waals surface area (Å²) in [6.07, 6.45) is 4.86. The van der Waals surface area contributed by atoms with Gasteiger partial charge in [0.15, 0.2) is 62.5 Å². The van der Waals surface area contributed by atoms with Gasteiger partial charge in [-0.2, -0.15) is 0 Å². The van der Waals surface area contributed by atoms with Gasteiger partial charge in [0.1, 0.15) is 27.7 Å². The maximum absolute atomic E-state index is 12.9. The van der Waals surface area contributed by atoms with Gasteiger partial charge in [0.25, 0.3) is 17.1 Å². The third-order valence-corrected chi connectivity index (χ3v) is 43.1. The van der Waals surface area contributed by atoms with E-state index in [4.69, 9.17) is 44.9 Å². The van der Waals surface area contributed by atoms with Crippen LogP contribution < -0.4 is 17.2 Å². The Morgan fingerprint density at radius 1 is 0.383 bits per heavy atom. The molecule has 4 unspecified atom stereocenters. The number of anilines is 3. The Morgan fingerprint density at radius 3 is 0.891 bits per heavy atom. The van der Waals surface area contributed by atoms with Gasteiger partial charge in [-0.05, 0) is 127 Å². The average molecular weight is 1970 g/mol. The van der Waals surface area contributed by atoms with Gasteiger partial charge in [0.05, 0.1) is 91.2 Å². The van der Waals surface area contributed by atoms with Crippen molar-refractivity contribution in [1.82, 2.24) is 19.9 Å². The summed E-state index contributed by atoms with van der Waals surface area (Å²) in [6.45, 7) is 24.1. The van der Waals surface area contributed by atoms with Gasteiger partial charge in [-0.3, -0.25) is 58.0 Å². The molecule has 0 saturated heterocycles. The average Bonchev–Trinajstić information content (AvgIpc) is 0.828. The first kappa shape index (κ1) is 113. The van der Waals surface area contributed by atoms with E-state index in [1.54, 1.807) is 79.7 Å². The first-order chi connectivity index (χ1) is 59.8. The highest BCUT2D eigenvalue weighted by Crippen LogP contribution is 2.52. The Morgan fingerprint density at radius 2 is 0.633 bits per heavy atom. The van der Waals surface area contributed by atoms with Crippen molar-refractivity contribution in [3.63, 3.8) is 0 Å². The summed E-state index contributed by atoms with van der Waals surface area (Å²) in [5.41, 5.74) is 20.1. The van der Waals surface area contributed by atoms with Crippen LogP contribution in [0, 0.1) is 44.2 Å². The molecule has 0 spiro atoms. The zero-order valence-corrected chi connectivity index (χ0v) is 81.5. The second-order valence-electron chi connectivity index (χ2n) is 27.1. The van der Waals surface area contributed by atoms with Crippen LogP contribution in [0.2, 0.25) is 0 Å². The summed E-state index contributed by atoms with van der Waals surface area (Å²) < 4.78 is 184. The lowest BCUT2D eigenvalue weighted by Gasteiger charge is -2.16. The maximum atomic E-state index is 12.9. The zero-order chi connectivity index (χ0) is 96.8. The number of ketones is 1. The number of aryl methyl sites for hydroxylation is 2. The maximum Gasteiger partial charge on any atom is 0.358 e. The largest absolute Gasteiger partial charge is 0.476 e. The predicted octanol–water partition coefficient (Wildman–Crippen LogP) is 18.1. The number of nitrogens with zero attached hydrogens (tertiary/aromatic N) is 7. The molecule has 0 saturated carbocycles. The molecule has 700 valence electrons. The first-order valence-corrected chi connectivity index (χ1v) is 56.4. The highest BCUT2D eigenvalue weighted by molar-refractivity contribution is 7.99. The molecular weight excluding hydrogens is 1860 g/mol. The van der Waals surface area contributed by atoms with E-state index in [1.165, 1.54) is 60.9 Å². The van der Waals surface area contributed by atoms with Gasteiger partial charge in [0.2, 0.25) is 36.8 Å². The molecular formula is C81H109N10O27P5S5. The Hall–Kier alpha value is -9.46. The van der Waals surface area contributed by atoms with Crippen LogP contribution in [0.5, 0.6) is 0 Å². The number of carboxylic acid groups (broad SMARTS) is 1. The summed E-state index contributed by atoms with van der Waals surface area (Å²) in [5, 5.41) is 40.0. The van der Waals surface area contributed by atoms with E-state index >= 15 is 0 Å². The van der Waals surface area contributed by atoms with E-state index in [0.29, 0.717) is 41.6 Å². The molecule has 0 aliphatic rings. The monoisotopic (exact) mass is 1970 g/mol. The van der Waals surface area contributed by atoms with Crippen LogP contribution in [0.25, 0.3) is 22.5 Å². The minimum absolute atomic E-state index is 0.0248. The molecule has 0 bridgehead atoms. The zero-order valence-electron chi connectivity index (χ0n) is 72.9. The standard InChI is InChI=1S/C24H28N3O5PS.C12H11N3O2.2C11H16NO6PS.C11H18NO4PS.C6H5NO2S.C6H15O2P/c1-4-32-33(29,5-2)16-34(30,31)20-12-8-18(9-13-20)14-22(28)23-24(25)26-15-21(27-23)19-10-6-17(3)7-11-19;1-7-2-4-8(5-3-7)9-6-14-11(13)10(15-9)12(16)17;2*1-3-18-19(15,4-2)9-20(16,17)11-7-5-10(6-8-11)12(13)14;1-3-16-17(13,4-2)9-18(14,15)11-7-5-10(12)6-8-11;8-7(9)5-1-3-6(10)4-2-5;1-4-8-9(7,5-2)6-3/h6-13,15H,4-5,14,16H2,1-3H3,(H2,25,26);2-6H,1H3,(H2,13,14)(H,16,17);2*5-8H,3-4,9H2,1-2H3;5-8H,3-4,9,12H2,1-2H3;1-4,10H;4-6H2,1-3H3. The van der Waals surface area contributed by atoms with E-state index in [2.05, 4.69) is 32.6 Å². The number of non-ortho nitro benzene ring substituents is 3. The predicted molar refractivity (Wildman–Crippen MR) is 500 cm³/mol. The molecule has 0 aliphatic heterocycles. The molecule has 47 heteroatoms. The number of Topliss-reactive ketones (excluding diaryl/α,β-unsaturated/α-hetero) is 1. The molecule has 0 radical (unpaired) electrons. The fraction of sp³-hybridized carbons (Fsp3) is 0.358. The van der Waals surface area contributed by atoms with Crippen molar-refractivity contribution in [2.45, 2.75) is 121 Å². The van der Waals surface area contributed by atoms with Crippen molar-refractivity contribution < 1.29 is 109 Å². The number of rotatable bonds is 37. The summed E-state index contributed by atoms with van der Waals surface area (Å²) in [5.74, 6) is -1.55. The molecule has 9 rings (SSSR count). The van der Waals surface area contributed by atoms with E-state index in [9.17, 15) is 96.4 Å². The summed E-state index contributed by atoms with van der Waals surface area (Å²) in [6, 6.07) is 42.0. The second kappa shape index (κ2) is 52.4. The van der Waals surface area contributed by atoms with E-state index < -0.39 is 119 Å². The molecule has 7 N–H and O–H groups in total. The number of carbonyl (C=O) groups is 2. The number of hydrogen-bond donors (Lipinski definition) is 5. The molecule has 2 heterocycles. The Bertz CT molecular complexity index is 5820. The normalized spacial score (nSPS) is 13.2. The van der Waals surface area contributed by atoms with Crippen LogP contribution in [0.3, 0.4) is 0 Å². The number of thiol groups is 1. The van der Waals surface area contributed by atoms with Gasteiger partial charge in [-0.15, -0.1) is 12.6 Å². The number of hydrogen-bond acceptors (Lipinski definition) is 34. The molecule has 128 heavy (non-hydrogen) atoms. The summed E-state index contributed by atoms with van der Waals surface area (Å²) in [4.78, 5) is 70.2. The number of nitro groups is 3. The van der Waals surface area contributed by atoms with Gasteiger partial charge in [0, 0.05) is 102 Å². The molecule has 7 aromatic carbocycles. The molecule has 37 nitrogen and oxygen atoms in total. The molecule has 0 fully saturated rings. The van der Waals surface area contributed by atoms with Crippen LogP contribution >= 0.6 is 49.5 Å². The van der Waals surface area contributed by atoms with Gasteiger partial charge in [-0.25, -0.2) is 58.4 Å². The summed E-state index contributed by atoms with van der Waals surface area (Å²) in [7, 11) is -30.1. The lowest BCUT2D eigenvalue weighted by Crippen LogP contribution is -2.12. The van der Waals surface area contributed by atoms with Crippen molar-refractivity contribution in [1.29, 1.82) is 0 Å². The van der Waals surface area contributed by atoms with Crippen molar-refractivity contribution in [2.24, 2.45) is 0 Å². The third-order valence-electron chi connectivity index (χ3n) is 17.7. The van der Waals surface area contributed by atoms with E-state index in [0.717, 1.165) is 75.7 Å².